The zero-order valence-corrected chi connectivity index (χ0v) is 13.1. The van der Waals surface area contributed by atoms with Crippen molar-refractivity contribution in [3.63, 3.8) is 0 Å². The van der Waals surface area contributed by atoms with Gasteiger partial charge in [-0.15, -0.1) is 11.8 Å². The summed E-state index contributed by atoms with van der Waals surface area (Å²) in [6, 6.07) is 0. The van der Waals surface area contributed by atoms with E-state index in [1.807, 2.05) is 32.3 Å². The van der Waals surface area contributed by atoms with Crippen molar-refractivity contribution >= 4 is 18.0 Å². The first kappa shape index (κ1) is 19.1. The van der Waals surface area contributed by atoms with Crippen molar-refractivity contribution in [2.24, 2.45) is 0 Å². The summed E-state index contributed by atoms with van der Waals surface area (Å²) in [7, 11) is 1.79. The number of hydrogen-bond donors (Lipinski definition) is 1. The van der Waals surface area contributed by atoms with Crippen LogP contribution in [0.1, 0.15) is 27.7 Å². The monoisotopic (exact) mass is 267 g/mol. The molecule has 0 saturated carbocycles. The minimum Gasteiger partial charge on any atom is -0.382 e. The van der Waals surface area contributed by atoms with E-state index in [0.717, 1.165) is 16.9 Å². The average Bonchev–Trinajstić information content (AvgIpc) is 2.33. The predicted molar refractivity (Wildman–Crippen MR) is 84.7 cm³/mol. The number of carbonyl (C=O) groups is 1. The molecule has 0 fully saturated rings. The number of carbonyl (C=O) groups excluding carboxylic acids is 1. The van der Waals surface area contributed by atoms with E-state index in [0.29, 0.717) is 5.57 Å². The molecular weight excluding hydrogens is 242 g/mol. The summed E-state index contributed by atoms with van der Waals surface area (Å²) < 4.78 is 0. The maximum atomic E-state index is 10.5. The van der Waals surface area contributed by atoms with Crippen LogP contribution in [0.15, 0.2) is 46.6 Å². The highest BCUT2D eigenvalue weighted by Crippen LogP contribution is 2.16. The zero-order chi connectivity index (χ0) is 14.6. The SMILES string of the molecule is C/C=C\C=C(C)C.C=C(C)/C(C=O)=C(\NC)SC. The molecule has 0 atom stereocenters. The molecule has 3 heteroatoms. The summed E-state index contributed by atoms with van der Waals surface area (Å²) in [6.07, 6.45) is 8.88. The number of hydrogen-bond acceptors (Lipinski definition) is 3. The molecule has 0 spiro atoms. The molecule has 0 radical (unpaired) electrons. The van der Waals surface area contributed by atoms with Gasteiger partial charge in [-0.25, -0.2) is 0 Å². The summed E-state index contributed by atoms with van der Waals surface area (Å²) in [6.45, 7) is 11.7. The topological polar surface area (TPSA) is 29.1 Å². The molecule has 0 saturated heterocycles. The Kier molecular flexibility index (Phi) is 13.0. The molecule has 0 heterocycles. The lowest BCUT2D eigenvalue weighted by Gasteiger charge is -2.06. The van der Waals surface area contributed by atoms with Crippen LogP contribution in [0.2, 0.25) is 0 Å². The molecule has 0 aromatic carbocycles. The minimum atomic E-state index is 0.653. The van der Waals surface area contributed by atoms with E-state index in [-0.39, 0.29) is 0 Å². The lowest BCUT2D eigenvalue weighted by molar-refractivity contribution is -0.104. The van der Waals surface area contributed by atoms with Crippen LogP contribution < -0.4 is 5.32 Å². The Hall–Kier alpha value is -1.22. The average molecular weight is 267 g/mol. The van der Waals surface area contributed by atoms with Crippen LogP contribution in [-0.4, -0.2) is 19.6 Å². The molecule has 0 amide bonds. The quantitative estimate of drug-likeness (QED) is 0.462. The van der Waals surface area contributed by atoms with Gasteiger partial charge in [-0.05, 0) is 39.5 Å². The van der Waals surface area contributed by atoms with Crippen molar-refractivity contribution in [2.45, 2.75) is 27.7 Å². The maximum Gasteiger partial charge on any atom is 0.152 e. The van der Waals surface area contributed by atoms with Crippen molar-refractivity contribution in [1.29, 1.82) is 0 Å². The highest BCUT2D eigenvalue weighted by Gasteiger charge is 2.02. The van der Waals surface area contributed by atoms with Crippen LogP contribution in [0.25, 0.3) is 0 Å². The lowest BCUT2D eigenvalue weighted by Crippen LogP contribution is -2.07. The van der Waals surface area contributed by atoms with Crippen LogP contribution in [0.5, 0.6) is 0 Å². The summed E-state index contributed by atoms with van der Waals surface area (Å²) in [5.41, 5.74) is 2.79. The van der Waals surface area contributed by atoms with E-state index in [9.17, 15) is 4.79 Å². The Labute approximate surface area is 116 Å². The van der Waals surface area contributed by atoms with E-state index in [2.05, 4.69) is 31.8 Å². The van der Waals surface area contributed by atoms with Gasteiger partial charge in [0.05, 0.1) is 5.03 Å². The fraction of sp³-hybridized carbons (Fsp3) is 0.400. The van der Waals surface area contributed by atoms with Crippen LogP contribution in [0.4, 0.5) is 0 Å². The first-order valence-corrected chi connectivity index (χ1v) is 7.00. The zero-order valence-electron chi connectivity index (χ0n) is 12.3. The number of allylic oxidation sites excluding steroid dienone is 6. The second-order valence-electron chi connectivity index (χ2n) is 3.86. The van der Waals surface area contributed by atoms with Gasteiger partial charge in [-0.1, -0.05) is 30.4 Å². The third-order valence-corrected chi connectivity index (χ3v) is 2.71. The number of rotatable bonds is 5. The van der Waals surface area contributed by atoms with Gasteiger partial charge in [0.1, 0.15) is 0 Å². The fourth-order valence-electron chi connectivity index (χ4n) is 0.983. The van der Waals surface area contributed by atoms with E-state index in [4.69, 9.17) is 0 Å². The van der Waals surface area contributed by atoms with Gasteiger partial charge in [-0.3, -0.25) is 4.79 Å². The van der Waals surface area contributed by atoms with Crippen LogP contribution in [0.3, 0.4) is 0 Å². The molecule has 0 aromatic rings. The summed E-state index contributed by atoms with van der Waals surface area (Å²) >= 11 is 1.51. The summed E-state index contributed by atoms with van der Waals surface area (Å²) in [5, 5.41) is 3.80. The first-order chi connectivity index (χ1) is 8.44. The van der Waals surface area contributed by atoms with Crippen molar-refractivity contribution in [1.82, 2.24) is 5.32 Å². The molecule has 0 aliphatic heterocycles. The Morgan fingerprint density at radius 3 is 1.94 bits per heavy atom. The minimum absolute atomic E-state index is 0.653. The van der Waals surface area contributed by atoms with Crippen molar-refractivity contribution in [2.75, 3.05) is 13.3 Å². The molecule has 0 aliphatic rings. The van der Waals surface area contributed by atoms with E-state index in [1.54, 1.807) is 7.05 Å². The maximum absolute atomic E-state index is 10.5. The Morgan fingerprint density at radius 2 is 1.83 bits per heavy atom. The van der Waals surface area contributed by atoms with Crippen LogP contribution in [0, 0.1) is 0 Å². The van der Waals surface area contributed by atoms with Crippen molar-refractivity contribution in [3.05, 3.63) is 46.6 Å². The highest BCUT2D eigenvalue weighted by atomic mass is 32.2. The molecular formula is C15H25NOS. The number of nitrogens with one attached hydrogen (secondary N) is 1. The fourth-order valence-corrected chi connectivity index (χ4v) is 1.63. The first-order valence-electron chi connectivity index (χ1n) is 5.77. The Morgan fingerprint density at radius 1 is 1.28 bits per heavy atom. The molecule has 0 aromatic heterocycles. The Balaban J connectivity index is 0. The van der Waals surface area contributed by atoms with Crippen molar-refractivity contribution < 1.29 is 4.79 Å². The van der Waals surface area contributed by atoms with Gasteiger partial charge in [0.25, 0.3) is 0 Å². The van der Waals surface area contributed by atoms with Gasteiger partial charge in [0, 0.05) is 12.6 Å². The van der Waals surface area contributed by atoms with Gasteiger partial charge in [0.2, 0.25) is 0 Å². The second kappa shape index (κ2) is 12.2. The number of thioether (sulfide) groups is 1. The largest absolute Gasteiger partial charge is 0.382 e. The predicted octanol–water partition coefficient (Wildman–Crippen LogP) is 4.08. The summed E-state index contributed by atoms with van der Waals surface area (Å²) in [5.74, 6) is 0. The standard InChI is InChI=1S/C8H13NOS.C7H12/c1-6(2)7(5-10)8(9-3)11-4;1-4-5-6-7(2)3/h5,9H,1H2,2-4H3;4-6H,1-3H3/b8-7+;5-4-. The summed E-state index contributed by atoms with van der Waals surface area (Å²) in [4.78, 5) is 10.5. The van der Waals surface area contributed by atoms with Gasteiger partial charge in [0.15, 0.2) is 6.29 Å². The molecule has 0 bridgehead atoms. The normalized spacial score (nSPS) is 11.0. The second-order valence-corrected chi connectivity index (χ2v) is 4.68. The molecule has 1 N–H and O–H groups in total. The molecule has 18 heavy (non-hydrogen) atoms. The highest BCUT2D eigenvalue weighted by molar-refractivity contribution is 8.02. The third kappa shape index (κ3) is 9.97. The lowest BCUT2D eigenvalue weighted by atomic mass is 10.2. The molecule has 0 unspecified atom stereocenters. The number of aldehydes is 1. The van der Waals surface area contributed by atoms with E-state index >= 15 is 0 Å². The van der Waals surface area contributed by atoms with Crippen LogP contribution >= 0.6 is 11.8 Å². The molecule has 2 nitrogen and oxygen atoms in total. The van der Waals surface area contributed by atoms with Crippen LogP contribution in [-0.2, 0) is 4.79 Å². The van der Waals surface area contributed by atoms with Gasteiger partial charge < -0.3 is 5.32 Å². The van der Waals surface area contributed by atoms with E-state index in [1.165, 1.54) is 17.3 Å². The smallest absolute Gasteiger partial charge is 0.152 e. The molecule has 0 rings (SSSR count). The van der Waals surface area contributed by atoms with Gasteiger partial charge in [-0.2, -0.15) is 0 Å². The van der Waals surface area contributed by atoms with E-state index < -0.39 is 0 Å². The van der Waals surface area contributed by atoms with Gasteiger partial charge >= 0.3 is 0 Å². The molecule has 0 aliphatic carbocycles. The Bertz CT molecular complexity index is 342. The van der Waals surface area contributed by atoms with Crippen molar-refractivity contribution in [3.8, 4) is 0 Å². The third-order valence-electron chi connectivity index (χ3n) is 1.88. The molecule has 102 valence electrons.